The normalized spacial score (nSPS) is 16.3. The third-order valence-corrected chi connectivity index (χ3v) is 7.96. The minimum absolute atomic E-state index is 0.0222. The van der Waals surface area contributed by atoms with E-state index in [0.29, 0.717) is 5.75 Å². The molecule has 1 unspecified atom stereocenters. The summed E-state index contributed by atoms with van der Waals surface area (Å²) in [4.78, 5) is 37.7. The maximum Gasteiger partial charge on any atom is 0.303 e. The van der Waals surface area contributed by atoms with Crippen molar-refractivity contribution in [1.82, 2.24) is 9.29 Å². The Kier molecular flexibility index (Phi) is 8.21. The average molecular weight is 565 g/mol. The minimum atomic E-state index is -4.30. The van der Waals surface area contributed by atoms with Crippen LogP contribution < -0.4 is 15.8 Å². The number of aliphatic carboxylic acids is 1. The fourth-order valence-corrected chi connectivity index (χ4v) is 6.06. The van der Waals surface area contributed by atoms with Gasteiger partial charge in [-0.1, -0.05) is 29.8 Å². The van der Waals surface area contributed by atoms with Crippen molar-refractivity contribution in [3.05, 3.63) is 53.2 Å². The first-order valence-electron chi connectivity index (χ1n) is 11.5. The second-order valence-electron chi connectivity index (χ2n) is 8.49. The Labute approximate surface area is 222 Å². The van der Waals surface area contributed by atoms with Gasteiger partial charge in [0.15, 0.2) is 0 Å². The van der Waals surface area contributed by atoms with Crippen molar-refractivity contribution in [3.8, 4) is 5.75 Å². The zero-order valence-electron chi connectivity index (χ0n) is 20.0. The van der Waals surface area contributed by atoms with E-state index in [1.54, 1.807) is 12.1 Å². The third-order valence-electron chi connectivity index (χ3n) is 5.79. The van der Waals surface area contributed by atoms with Crippen molar-refractivity contribution in [3.63, 3.8) is 0 Å². The van der Waals surface area contributed by atoms with Crippen LogP contribution in [0.1, 0.15) is 23.3 Å². The van der Waals surface area contributed by atoms with E-state index in [4.69, 9.17) is 31.9 Å². The number of fused-ring (bicyclic) bond motifs is 1. The summed E-state index contributed by atoms with van der Waals surface area (Å²) in [7, 11) is -4.30. The molecule has 0 radical (unpaired) electrons. The van der Waals surface area contributed by atoms with E-state index in [1.165, 1.54) is 16.4 Å². The van der Waals surface area contributed by atoms with Crippen molar-refractivity contribution in [2.45, 2.75) is 23.8 Å². The lowest BCUT2D eigenvalue weighted by Gasteiger charge is -2.32. The number of amides is 2. The summed E-state index contributed by atoms with van der Waals surface area (Å²) in [5.74, 6) is -2.21. The fraction of sp³-hybridized carbons (Fsp3) is 0.292. The van der Waals surface area contributed by atoms with E-state index in [2.05, 4.69) is 10.3 Å². The van der Waals surface area contributed by atoms with Crippen LogP contribution in [0.25, 0.3) is 10.9 Å². The second kappa shape index (κ2) is 11.4. The summed E-state index contributed by atoms with van der Waals surface area (Å²) in [5, 5.41) is 11.5. The number of carboxylic acids is 1. The predicted octanol–water partition coefficient (Wildman–Crippen LogP) is 2.19. The smallest absolute Gasteiger partial charge is 0.303 e. The summed E-state index contributed by atoms with van der Waals surface area (Å²) in [6.45, 7) is 0.181. The number of nitrogens with one attached hydrogen (secondary N) is 2. The number of carbonyl (C=O) groups is 3. The minimum Gasteiger partial charge on any atom is -0.491 e. The van der Waals surface area contributed by atoms with Gasteiger partial charge in [-0.15, -0.1) is 0 Å². The lowest BCUT2D eigenvalue weighted by atomic mass is 10.2. The largest absolute Gasteiger partial charge is 0.491 e. The molecular formula is C24H25ClN4O8S. The molecule has 12 nitrogen and oxygen atoms in total. The maximum absolute atomic E-state index is 13.8. The number of hydrogen-bond acceptors (Lipinski definition) is 7. The number of sulfonamides is 1. The number of carbonyl (C=O) groups excluding carboxylic acids is 2. The highest BCUT2D eigenvalue weighted by atomic mass is 35.5. The molecule has 0 bridgehead atoms. The Morgan fingerprint density at radius 2 is 1.95 bits per heavy atom. The zero-order chi connectivity index (χ0) is 27.4. The lowest BCUT2D eigenvalue weighted by Crippen LogP contribution is -2.47. The van der Waals surface area contributed by atoms with Gasteiger partial charge in [0.1, 0.15) is 29.0 Å². The number of nitrogens with two attached hydrogens (primary N) is 1. The SMILES string of the molecule is NC(=O)c1[nH]c2c(NC(=O)CCC(=O)O)cc(Cl)cc2c1S(=O)(=O)N1CCOC(COc2ccccc2)C1. The quantitative estimate of drug-likeness (QED) is 0.289. The molecule has 1 fully saturated rings. The highest BCUT2D eigenvalue weighted by molar-refractivity contribution is 7.89. The molecule has 5 N–H and O–H groups in total. The van der Waals surface area contributed by atoms with E-state index < -0.39 is 40.3 Å². The molecule has 14 heteroatoms. The van der Waals surface area contributed by atoms with Crippen molar-refractivity contribution in [2.75, 3.05) is 31.6 Å². The number of hydrogen-bond donors (Lipinski definition) is 4. The molecule has 1 atom stereocenters. The first-order chi connectivity index (χ1) is 18.1. The van der Waals surface area contributed by atoms with Crippen LogP contribution in [0.3, 0.4) is 0 Å². The number of ether oxygens (including phenoxy) is 2. The molecule has 3 aromatic rings. The number of H-pyrrole nitrogens is 1. The number of halogens is 1. The number of carboxylic acid groups (broad SMARTS) is 1. The van der Waals surface area contributed by atoms with Gasteiger partial charge in [0.05, 0.1) is 24.2 Å². The molecule has 1 aromatic heterocycles. The number of aromatic amines is 1. The number of aromatic nitrogens is 1. The van der Waals surface area contributed by atoms with E-state index in [0.717, 1.165) is 0 Å². The van der Waals surface area contributed by atoms with Crippen molar-refractivity contribution in [2.24, 2.45) is 5.73 Å². The molecule has 2 aromatic carbocycles. The number of anilines is 1. The van der Waals surface area contributed by atoms with Gasteiger partial charge in [-0.25, -0.2) is 8.42 Å². The second-order valence-corrected chi connectivity index (χ2v) is 10.8. The van der Waals surface area contributed by atoms with Crippen LogP contribution in [0.4, 0.5) is 5.69 Å². The molecule has 0 aliphatic carbocycles. The molecule has 0 spiro atoms. The van der Waals surface area contributed by atoms with Gasteiger partial charge in [-0.3, -0.25) is 14.4 Å². The Bertz CT molecular complexity index is 1480. The Hall–Kier alpha value is -3.65. The summed E-state index contributed by atoms with van der Waals surface area (Å²) < 4.78 is 40.2. The molecule has 4 rings (SSSR count). The van der Waals surface area contributed by atoms with E-state index in [1.807, 2.05) is 18.2 Å². The van der Waals surface area contributed by atoms with Crippen LogP contribution in [-0.2, 0) is 24.3 Å². The molecule has 38 heavy (non-hydrogen) atoms. The molecule has 1 aliphatic rings. The van der Waals surface area contributed by atoms with Crippen LogP contribution >= 0.6 is 11.6 Å². The number of primary amides is 1. The average Bonchev–Trinajstić information content (AvgIpc) is 3.28. The maximum atomic E-state index is 13.8. The van der Waals surface area contributed by atoms with Gasteiger partial charge in [0.2, 0.25) is 15.9 Å². The van der Waals surface area contributed by atoms with Gasteiger partial charge in [0.25, 0.3) is 5.91 Å². The third kappa shape index (κ3) is 6.07. The van der Waals surface area contributed by atoms with Crippen LogP contribution in [0.5, 0.6) is 5.75 Å². The van der Waals surface area contributed by atoms with Gasteiger partial charge < -0.3 is 30.6 Å². The number of benzene rings is 2. The van der Waals surface area contributed by atoms with Crippen molar-refractivity contribution < 1.29 is 37.4 Å². The van der Waals surface area contributed by atoms with Gasteiger partial charge in [0, 0.05) is 29.9 Å². The Morgan fingerprint density at radius 1 is 1.21 bits per heavy atom. The summed E-state index contributed by atoms with van der Waals surface area (Å²) in [5.41, 5.74) is 5.32. The number of nitrogens with zero attached hydrogens (tertiary/aromatic N) is 1. The molecule has 0 saturated carbocycles. The topological polar surface area (TPSA) is 181 Å². The van der Waals surface area contributed by atoms with Crippen LogP contribution in [0, 0.1) is 0 Å². The predicted molar refractivity (Wildman–Crippen MR) is 138 cm³/mol. The van der Waals surface area contributed by atoms with E-state index >= 15 is 0 Å². The first-order valence-corrected chi connectivity index (χ1v) is 13.3. The van der Waals surface area contributed by atoms with Crippen LogP contribution in [-0.4, -0.2) is 73.0 Å². The Morgan fingerprint density at radius 3 is 2.63 bits per heavy atom. The van der Waals surface area contributed by atoms with Crippen LogP contribution in [0.15, 0.2) is 47.4 Å². The highest BCUT2D eigenvalue weighted by Crippen LogP contribution is 2.36. The lowest BCUT2D eigenvalue weighted by molar-refractivity contribution is -0.138. The van der Waals surface area contributed by atoms with Crippen molar-refractivity contribution >= 4 is 56.0 Å². The zero-order valence-corrected chi connectivity index (χ0v) is 21.5. The van der Waals surface area contributed by atoms with Crippen LogP contribution in [0.2, 0.25) is 5.02 Å². The fourth-order valence-electron chi connectivity index (χ4n) is 4.06. The first kappa shape index (κ1) is 27.4. The summed E-state index contributed by atoms with van der Waals surface area (Å²) in [6, 6.07) is 11.7. The summed E-state index contributed by atoms with van der Waals surface area (Å²) in [6.07, 6.45) is -1.30. The molecular weight excluding hydrogens is 540 g/mol. The Balaban J connectivity index is 1.66. The van der Waals surface area contributed by atoms with Crippen molar-refractivity contribution in [1.29, 1.82) is 0 Å². The standard InChI is InChI=1S/C24H25ClN4O8S/c25-14-10-17-21(18(11-14)27-19(30)6-7-20(31)32)28-22(24(26)33)23(17)38(34,35)29-8-9-36-16(12-29)13-37-15-4-2-1-3-5-15/h1-5,10-11,16,28H,6-9,12-13H2,(H2,26,33)(H,27,30)(H,31,32). The molecule has 2 heterocycles. The van der Waals surface area contributed by atoms with E-state index in [9.17, 15) is 22.8 Å². The molecule has 2 amide bonds. The molecule has 1 saturated heterocycles. The van der Waals surface area contributed by atoms with Gasteiger partial charge in [-0.2, -0.15) is 4.31 Å². The number of para-hydroxylation sites is 1. The van der Waals surface area contributed by atoms with Gasteiger partial charge in [-0.05, 0) is 24.3 Å². The monoisotopic (exact) mass is 564 g/mol. The number of rotatable bonds is 10. The number of morpholine rings is 1. The van der Waals surface area contributed by atoms with Gasteiger partial charge >= 0.3 is 5.97 Å². The molecule has 202 valence electrons. The highest BCUT2D eigenvalue weighted by Gasteiger charge is 2.36. The van der Waals surface area contributed by atoms with E-state index in [-0.39, 0.29) is 64.9 Å². The summed E-state index contributed by atoms with van der Waals surface area (Å²) >= 11 is 6.23. The molecule has 1 aliphatic heterocycles.